The highest BCUT2D eigenvalue weighted by molar-refractivity contribution is 5.89. The number of urea groups is 1. The molecule has 1 atom stereocenters. The Hall–Kier alpha value is -2.69. The Morgan fingerprint density at radius 3 is 2.62 bits per heavy atom. The van der Waals surface area contributed by atoms with E-state index < -0.39 is 0 Å². The summed E-state index contributed by atoms with van der Waals surface area (Å²) in [5.41, 5.74) is 3.27. The van der Waals surface area contributed by atoms with E-state index in [-0.39, 0.29) is 12.1 Å². The number of ether oxygens (including phenoxy) is 1. The van der Waals surface area contributed by atoms with Gasteiger partial charge >= 0.3 is 6.03 Å². The van der Waals surface area contributed by atoms with Crippen molar-refractivity contribution in [3.63, 3.8) is 0 Å². The monoisotopic (exact) mass is 353 g/mol. The van der Waals surface area contributed by atoms with Gasteiger partial charge in [-0.15, -0.1) is 0 Å². The molecule has 2 aromatic carbocycles. The number of nitrogens with zero attached hydrogens (tertiary/aromatic N) is 2. The summed E-state index contributed by atoms with van der Waals surface area (Å²) in [6.45, 7) is 9.11. The molecule has 0 radical (unpaired) electrons. The molecule has 0 saturated carbocycles. The predicted octanol–water partition coefficient (Wildman–Crippen LogP) is 4.14. The van der Waals surface area contributed by atoms with E-state index in [1.165, 1.54) is 11.3 Å². The number of piperazine rings is 1. The molecular weight excluding hydrogens is 326 g/mol. The molecule has 0 bridgehead atoms. The van der Waals surface area contributed by atoms with Crippen LogP contribution in [0, 0.1) is 6.92 Å². The number of benzene rings is 2. The molecule has 2 aromatic rings. The minimum atomic E-state index is -0.0510. The van der Waals surface area contributed by atoms with Crippen LogP contribution in [0.4, 0.5) is 16.2 Å². The highest BCUT2D eigenvalue weighted by atomic mass is 16.5. The molecule has 0 spiro atoms. The van der Waals surface area contributed by atoms with Gasteiger partial charge < -0.3 is 19.9 Å². The summed E-state index contributed by atoms with van der Waals surface area (Å²) in [4.78, 5) is 16.8. The first kappa shape index (κ1) is 18.1. The lowest BCUT2D eigenvalue weighted by atomic mass is 10.1. The van der Waals surface area contributed by atoms with Crippen LogP contribution in [0.5, 0.6) is 5.75 Å². The van der Waals surface area contributed by atoms with Crippen LogP contribution in [0.3, 0.4) is 0 Å². The van der Waals surface area contributed by atoms with Crippen LogP contribution in [0.2, 0.25) is 0 Å². The summed E-state index contributed by atoms with van der Waals surface area (Å²) in [6.07, 6.45) is 0. The number of hydrogen-bond acceptors (Lipinski definition) is 3. The van der Waals surface area contributed by atoms with E-state index in [4.69, 9.17) is 4.74 Å². The van der Waals surface area contributed by atoms with Gasteiger partial charge in [-0.25, -0.2) is 4.79 Å². The summed E-state index contributed by atoms with van der Waals surface area (Å²) in [5.74, 6) is 0.811. The fraction of sp³-hybridized carbons (Fsp3) is 0.381. The van der Waals surface area contributed by atoms with Gasteiger partial charge in [0.25, 0.3) is 0 Å². The molecule has 1 heterocycles. The second kappa shape index (κ2) is 8.13. The fourth-order valence-electron chi connectivity index (χ4n) is 3.34. The number of amides is 2. The molecule has 138 valence electrons. The first-order valence-electron chi connectivity index (χ1n) is 9.19. The van der Waals surface area contributed by atoms with Gasteiger partial charge in [0, 0.05) is 37.1 Å². The lowest BCUT2D eigenvalue weighted by Crippen LogP contribution is -2.54. The standard InChI is InChI=1S/C21H27N3O2/c1-4-26-20-10-8-18(9-11-20)22-21(25)23-12-13-24(17(3)15-23)19-7-5-6-16(2)14-19/h5-11,14,17H,4,12-13,15H2,1-3H3,(H,22,25)/t17-/m1/s1. The molecule has 5 nitrogen and oxygen atoms in total. The number of aryl methyl sites for hydroxylation is 1. The smallest absolute Gasteiger partial charge is 0.321 e. The molecule has 0 aromatic heterocycles. The molecule has 5 heteroatoms. The molecule has 0 aliphatic carbocycles. The molecule has 1 fully saturated rings. The average Bonchev–Trinajstić information content (AvgIpc) is 2.63. The van der Waals surface area contributed by atoms with Crippen LogP contribution < -0.4 is 15.0 Å². The Morgan fingerprint density at radius 2 is 1.96 bits per heavy atom. The molecule has 1 saturated heterocycles. The topological polar surface area (TPSA) is 44.8 Å². The van der Waals surface area contributed by atoms with Crippen molar-refractivity contribution in [1.29, 1.82) is 0 Å². The Balaban J connectivity index is 1.58. The molecule has 1 aliphatic heterocycles. The van der Waals surface area contributed by atoms with Crippen molar-refractivity contribution >= 4 is 17.4 Å². The van der Waals surface area contributed by atoms with Crippen molar-refractivity contribution in [2.45, 2.75) is 26.8 Å². The third-order valence-corrected chi connectivity index (χ3v) is 4.66. The maximum absolute atomic E-state index is 12.6. The van der Waals surface area contributed by atoms with Crippen molar-refractivity contribution in [2.75, 3.05) is 36.5 Å². The van der Waals surface area contributed by atoms with Gasteiger partial charge in [0.2, 0.25) is 0 Å². The summed E-state index contributed by atoms with van der Waals surface area (Å²) < 4.78 is 5.43. The molecule has 0 unspecified atom stereocenters. The quantitative estimate of drug-likeness (QED) is 0.899. The fourth-order valence-corrected chi connectivity index (χ4v) is 3.34. The summed E-state index contributed by atoms with van der Waals surface area (Å²) in [6, 6.07) is 16.2. The largest absolute Gasteiger partial charge is 0.494 e. The Morgan fingerprint density at radius 1 is 1.19 bits per heavy atom. The van der Waals surface area contributed by atoms with Gasteiger partial charge in [0.1, 0.15) is 5.75 Å². The Kier molecular flexibility index (Phi) is 5.66. The van der Waals surface area contributed by atoms with Gasteiger partial charge in [0.05, 0.1) is 6.61 Å². The number of anilines is 2. The molecule has 26 heavy (non-hydrogen) atoms. The second-order valence-electron chi connectivity index (χ2n) is 6.71. The summed E-state index contributed by atoms with van der Waals surface area (Å²) in [7, 11) is 0. The number of hydrogen-bond donors (Lipinski definition) is 1. The van der Waals surface area contributed by atoms with Crippen molar-refractivity contribution in [3.05, 3.63) is 54.1 Å². The first-order chi connectivity index (χ1) is 12.6. The number of nitrogens with one attached hydrogen (secondary N) is 1. The maximum atomic E-state index is 12.6. The zero-order chi connectivity index (χ0) is 18.5. The third-order valence-electron chi connectivity index (χ3n) is 4.66. The Bertz CT molecular complexity index is 745. The maximum Gasteiger partial charge on any atom is 0.321 e. The van der Waals surface area contributed by atoms with Crippen LogP contribution in [0.15, 0.2) is 48.5 Å². The van der Waals surface area contributed by atoms with Gasteiger partial charge in [-0.05, 0) is 62.7 Å². The minimum Gasteiger partial charge on any atom is -0.494 e. The van der Waals surface area contributed by atoms with E-state index >= 15 is 0 Å². The highest BCUT2D eigenvalue weighted by Gasteiger charge is 2.27. The van der Waals surface area contributed by atoms with Gasteiger partial charge in [-0.3, -0.25) is 0 Å². The minimum absolute atomic E-state index is 0.0510. The van der Waals surface area contributed by atoms with E-state index in [0.29, 0.717) is 19.7 Å². The molecule has 3 rings (SSSR count). The zero-order valence-corrected chi connectivity index (χ0v) is 15.7. The van der Waals surface area contributed by atoms with E-state index in [2.05, 4.69) is 48.3 Å². The Labute approximate surface area is 155 Å². The van der Waals surface area contributed by atoms with Crippen LogP contribution in [0.1, 0.15) is 19.4 Å². The van der Waals surface area contributed by atoms with Crippen LogP contribution in [-0.2, 0) is 0 Å². The van der Waals surface area contributed by atoms with Gasteiger partial charge in [0.15, 0.2) is 0 Å². The van der Waals surface area contributed by atoms with E-state index in [1.54, 1.807) is 0 Å². The lowest BCUT2D eigenvalue weighted by molar-refractivity contribution is 0.200. The predicted molar refractivity (Wildman–Crippen MR) is 106 cm³/mol. The highest BCUT2D eigenvalue weighted by Crippen LogP contribution is 2.22. The second-order valence-corrected chi connectivity index (χ2v) is 6.71. The summed E-state index contributed by atoms with van der Waals surface area (Å²) in [5, 5.41) is 2.98. The van der Waals surface area contributed by atoms with Crippen molar-refractivity contribution < 1.29 is 9.53 Å². The van der Waals surface area contributed by atoms with Gasteiger partial charge in [-0.2, -0.15) is 0 Å². The molecule has 2 amide bonds. The lowest BCUT2D eigenvalue weighted by Gasteiger charge is -2.41. The number of carbonyl (C=O) groups excluding carboxylic acids is 1. The van der Waals surface area contributed by atoms with Crippen LogP contribution >= 0.6 is 0 Å². The van der Waals surface area contributed by atoms with Gasteiger partial charge in [-0.1, -0.05) is 12.1 Å². The molecular formula is C21H27N3O2. The third kappa shape index (κ3) is 4.28. The van der Waals surface area contributed by atoms with E-state index in [0.717, 1.165) is 18.0 Å². The number of carbonyl (C=O) groups is 1. The normalized spacial score (nSPS) is 17.1. The molecule has 1 aliphatic rings. The number of rotatable bonds is 4. The molecule has 1 N–H and O–H groups in total. The van der Waals surface area contributed by atoms with E-state index in [1.807, 2.05) is 36.1 Å². The van der Waals surface area contributed by atoms with Crippen LogP contribution in [-0.4, -0.2) is 43.2 Å². The summed E-state index contributed by atoms with van der Waals surface area (Å²) >= 11 is 0. The van der Waals surface area contributed by atoms with Crippen LogP contribution in [0.25, 0.3) is 0 Å². The van der Waals surface area contributed by atoms with E-state index in [9.17, 15) is 4.79 Å². The van der Waals surface area contributed by atoms with Crippen molar-refractivity contribution in [1.82, 2.24) is 4.90 Å². The van der Waals surface area contributed by atoms with Crippen molar-refractivity contribution in [3.8, 4) is 5.75 Å². The zero-order valence-electron chi connectivity index (χ0n) is 15.7. The SMILES string of the molecule is CCOc1ccc(NC(=O)N2CCN(c3cccc(C)c3)[C@H](C)C2)cc1. The van der Waals surface area contributed by atoms with Crippen molar-refractivity contribution in [2.24, 2.45) is 0 Å². The first-order valence-corrected chi connectivity index (χ1v) is 9.19. The average molecular weight is 353 g/mol.